The van der Waals surface area contributed by atoms with Crippen LogP contribution < -0.4 is 18.9 Å². The van der Waals surface area contributed by atoms with Crippen molar-refractivity contribution < 1.29 is 61.9 Å². The summed E-state index contributed by atoms with van der Waals surface area (Å²) in [5.41, 5.74) is 5.95. The molecule has 0 heterocycles. The molecule has 0 saturated heterocycles. The van der Waals surface area contributed by atoms with Crippen LogP contribution in [0.5, 0.6) is 23.0 Å². The second-order valence-corrected chi connectivity index (χ2v) is 14.5. The summed E-state index contributed by atoms with van der Waals surface area (Å²) in [6, 6.07) is 33.7. The molecule has 15 nitrogen and oxygen atoms in total. The van der Waals surface area contributed by atoms with E-state index in [1.807, 2.05) is 48.5 Å². The second kappa shape index (κ2) is 24.4. The average Bonchev–Trinajstić information content (AvgIpc) is 3.70. The van der Waals surface area contributed by atoms with Gasteiger partial charge in [0.2, 0.25) is 0 Å². The number of carbonyl (C=O) groups excluding carboxylic acids is 5. The van der Waals surface area contributed by atoms with Gasteiger partial charge in [0.05, 0.1) is 11.8 Å². The zero-order valence-corrected chi connectivity index (χ0v) is 37.4. The summed E-state index contributed by atoms with van der Waals surface area (Å²) < 4.78 is 44.4. The first-order valence-electron chi connectivity index (χ1n) is 21.2. The Hall–Kier alpha value is -9.11. The third-order valence-corrected chi connectivity index (χ3v) is 9.84. The lowest BCUT2D eigenvalue weighted by Crippen LogP contribution is -2.30. The van der Waals surface area contributed by atoms with Crippen molar-refractivity contribution in [2.45, 2.75) is 19.1 Å². The third kappa shape index (κ3) is 13.7. The zero-order valence-electron chi connectivity index (χ0n) is 37.4. The maximum Gasteiger partial charge on any atom is 0.343 e. The van der Waals surface area contributed by atoms with Crippen LogP contribution in [-0.4, -0.2) is 80.4 Å². The predicted octanol–water partition coefficient (Wildman–Crippen LogP) is 8.61. The Morgan fingerprint density at radius 1 is 0.536 bits per heavy atom. The molecule has 0 spiro atoms. The lowest BCUT2D eigenvalue weighted by molar-refractivity contribution is -0.154. The number of allylic oxidation sites excluding steroid dienone is 1. The molecule has 0 N–H and O–H groups in total. The van der Waals surface area contributed by atoms with Crippen LogP contribution in [0.15, 0.2) is 182 Å². The van der Waals surface area contributed by atoms with E-state index in [4.69, 9.17) is 37.9 Å². The molecular weight excluding hydrogens is 885 g/mol. The largest absolute Gasteiger partial charge is 0.490 e. The van der Waals surface area contributed by atoms with E-state index < -0.39 is 42.1 Å². The summed E-state index contributed by atoms with van der Waals surface area (Å²) in [6.07, 6.45) is 5.38. The van der Waals surface area contributed by atoms with E-state index in [9.17, 15) is 24.0 Å². The molecule has 15 heteroatoms. The summed E-state index contributed by atoms with van der Waals surface area (Å²) in [6.45, 7) is 14.5. The lowest BCUT2D eigenvalue weighted by Gasteiger charge is -2.18. The molecule has 0 aliphatic heterocycles. The number of esters is 5. The molecule has 5 aromatic carbocycles. The molecule has 2 unspecified atom stereocenters. The molecular formula is C54H46N2O13. The molecule has 69 heavy (non-hydrogen) atoms. The minimum absolute atomic E-state index is 0.119. The quantitative estimate of drug-likeness (QED) is 0.0113. The van der Waals surface area contributed by atoms with Crippen LogP contribution in [0, 0.1) is 0 Å². The van der Waals surface area contributed by atoms with Gasteiger partial charge in [-0.3, -0.25) is 0 Å². The summed E-state index contributed by atoms with van der Waals surface area (Å²) in [4.78, 5) is 60.3. The van der Waals surface area contributed by atoms with Crippen LogP contribution in [0.2, 0.25) is 0 Å². The van der Waals surface area contributed by atoms with Crippen molar-refractivity contribution in [2.24, 2.45) is 10.2 Å². The highest BCUT2D eigenvalue weighted by molar-refractivity contribution is 6.24. The Labute approximate surface area is 397 Å². The Bertz CT molecular complexity index is 2780. The highest BCUT2D eigenvalue weighted by atomic mass is 16.6. The van der Waals surface area contributed by atoms with E-state index in [-0.39, 0.29) is 37.7 Å². The van der Waals surface area contributed by atoms with E-state index in [1.165, 1.54) is 30.5 Å². The summed E-state index contributed by atoms with van der Waals surface area (Å²) >= 11 is 0. The maximum atomic E-state index is 13.5. The molecule has 6 rings (SSSR count). The zero-order chi connectivity index (χ0) is 49.1. The third-order valence-electron chi connectivity index (χ3n) is 9.84. The number of nitrogens with zero attached hydrogens (tertiary/aromatic N) is 2. The molecule has 0 radical (unpaired) electrons. The van der Waals surface area contributed by atoms with Gasteiger partial charge in [-0.05, 0) is 90.9 Å². The van der Waals surface area contributed by atoms with Gasteiger partial charge in [0.1, 0.15) is 60.9 Å². The van der Waals surface area contributed by atoms with Crippen molar-refractivity contribution in [3.05, 3.63) is 200 Å². The Morgan fingerprint density at radius 2 is 1.00 bits per heavy atom. The van der Waals surface area contributed by atoms with Crippen molar-refractivity contribution in [3.8, 4) is 34.1 Å². The summed E-state index contributed by atoms with van der Waals surface area (Å²) in [7, 11) is 0. The highest BCUT2D eigenvalue weighted by Crippen LogP contribution is 2.37. The van der Waals surface area contributed by atoms with Crippen molar-refractivity contribution in [1.82, 2.24) is 0 Å². The van der Waals surface area contributed by atoms with Crippen molar-refractivity contribution in [2.75, 3.05) is 26.4 Å². The minimum Gasteiger partial charge on any atom is -0.490 e. The molecule has 0 saturated carbocycles. The molecule has 1 aliphatic rings. The predicted molar refractivity (Wildman–Crippen MR) is 257 cm³/mol. The lowest BCUT2D eigenvalue weighted by atomic mass is 10.1. The molecule has 350 valence electrons. The van der Waals surface area contributed by atoms with Crippen LogP contribution in [0.25, 0.3) is 16.9 Å². The number of hydrogen-bond donors (Lipinski definition) is 0. The van der Waals surface area contributed by atoms with E-state index in [0.29, 0.717) is 39.8 Å². The van der Waals surface area contributed by atoms with E-state index >= 15 is 0 Å². The number of benzene rings is 5. The van der Waals surface area contributed by atoms with Crippen molar-refractivity contribution in [3.63, 3.8) is 0 Å². The topological polar surface area (TPSA) is 184 Å². The number of carbonyl (C=O) groups is 5. The molecule has 1 aliphatic carbocycles. The van der Waals surface area contributed by atoms with Gasteiger partial charge < -0.3 is 37.9 Å². The van der Waals surface area contributed by atoms with Gasteiger partial charge in [0.15, 0.2) is 12.2 Å². The molecule has 0 aromatic heterocycles. The van der Waals surface area contributed by atoms with Crippen LogP contribution in [-0.2, 0) is 38.1 Å². The fraction of sp³-hybridized carbons (Fsp3) is 0.130. The fourth-order valence-electron chi connectivity index (χ4n) is 6.51. The van der Waals surface area contributed by atoms with Gasteiger partial charge in [-0.25, -0.2) is 24.0 Å². The summed E-state index contributed by atoms with van der Waals surface area (Å²) in [5, 5.41) is 9.17. The molecule has 0 fully saturated rings. The summed E-state index contributed by atoms with van der Waals surface area (Å²) in [5.74, 6) is -1.71. The van der Waals surface area contributed by atoms with E-state index in [2.05, 4.69) is 36.5 Å². The first kappa shape index (κ1) is 49.3. The molecule has 2 atom stereocenters. The molecule has 5 aromatic rings. The van der Waals surface area contributed by atoms with Gasteiger partial charge in [-0.2, -0.15) is 5.10 Å². The smallest absolute Gasteiger partial charge is 0.343 e. The Kier molecular flexibility index (Phi) is 17.5. The highest BCUT2D eigenvalue weighted by Gasteiger charge is 2.24. The normalized spacial score (nSPS) is 12.2. The van der Waals surface area contributed by atoms with Crippen LogP contribution >= 0.6 is 0 Å². The Morgan fingerprint density at radius 3 is 1.48 bits per heavy atom. The molecule has 0 bridgehead atoms. The number of ether oxygens (including phenoxy) is 8. The van der Waals surface area contributed by atoms with E-state index in [1.54, 1.807) is 55.5 Å². The van der Waals surface area contributed by atoms with E-state index in [0.717, 1.165) is 46.6 Å². The number of hydrogen-bond acceptors (Lipinski definition) is 15. The monoisotopic (exact) mass is 930 g/mol. The van der Waals surface area contributed by atoms with Crippen LogP contribution in [0.4, 0.5) is 0 Å². The van der Waals surface area contributed by atoms with Gasteiger partial charge in [-0.1, -0.05) is 74.8 Å². The Balaban J connectivity index is 1.20. The van der Waals surface area contributed by atoms with Crippen LogP contribution in [0.1, 0.15) is 39.5 Å². The molecule has 0 amide bonds. The SMILES string of the molecule is C=CC(=O)OCC(COc1ccc(C(=O)Oc2ccc(O/C(=C/C)c3ccc(OCC(COC(=O)C=C)OC(=O)C=C)cc3)c(/C=N/N=C3c4ccccc4-c4ccccc43)c2)cc1)OC(=O)C=C. The van der Waals surface area contributed by atoms with Gasteiger partial charge in [0, 0.05) is 46.6 Å². The van der Waals surface area contributed by atoms with Gasteiger partial charge in [-0.15, -0.1) is 5.10 Å². The van der Waals surface area contributed by atoms with Gasteiger partial charge in [0.25, 0.3) is 0 Å². The number of rotatable bonds is 23. The first-order valence-corrected chi connectivity index (χ1v) is 21.2. The first-order chi connectivity index (χ1) is 33.5. The van der Waals surface area contributed by atoms with Gasteiger partial charge >= 0.3 is 29.8 Å². The second-order valence-electron chi connectivity index (χ2n) is 14.5. The maximum absolute atomic E-state index is 13.5. The fourth-order valence-corrected chi connectivity index (χ4v) is 6.51. The van der Waals surface area contributed by atoms with Crippen molar-refractivity contribution >= 4 is 47.5 Å². The number of fused-ring (bicyclic) bond motifs is 3. The minimum atomic E-state index is -0.944. The standard InChI is InChI=1S/C54H46N2O13/c1-6-47(35-19-23-38(24-20-35)62-31-41(66-51(59)9-4)33-64-49(57)7-2)69-48-28-27-40(29-37(48)30-55-56-53-45-17-13-11-15-43(45)44-16-12-14-18-46(44)53)68-54(61)36-21-25-39(26-22-36)63-32-42(67-52(60)10-5)34-65-50(58)8-3/h6-30,41-42H,2-5,31-34H2,1H3/b47-6+,55-30+. The average molecular weight is 931 g/mol. The van der Waals surface area contributed by atoms with Crippen molar-refractivity contribution in [1.29, 1.82) is 0 Å². The van der Waals surface area contributed by atoms with Crippen LogP contribution in [0.3, 0.4) is 0 Å².